The number of sulfonamides is 1. The van der Waals surface area contributed by atoms with Crippen LogP contribution in [-0.4, -0.2) is 38.1 Å². The Morgan fingerprint density at radius 1 is 1.36 bits per heavy atom. The van der Waals surface area contributed by atoms with Crippen molar-refractivity contribution in [2.45, 2.75) is 12.8 Å². The molecule has 0 radical (unpaired) electrons. The zero-order valence-electron chi connectivity index (χ0n) is 6.49. The Morgan fingerprint density at radius 2 is 2.00 bits per heavy atom. The summed E-state index contributed by atoms with van der Waals surface area (Å²) in [6, 6.07) is 0. The van der Waals surface area contributed by atoms with Gasteiger partial charge < -0.3 is 5.73 Å². The first kappa shape index (κ1) is 8.96. The minimum absolute atomic E-state index is 0.212. The second kappa shape index (κ2) is 3.51. The summed E-state index contributed by atoms with van der Waals surface area (Å²) >= 11 is 0. The van der Waals surface area contributed by atoms with Crippen molar-refractivity contribution in [2.75, 3.05) is 25.4 Å². The molecule has 5 heteroatoms. The first-order chi connectivity index (χ1) is 5.17. The van der Waals surface area contributed by atoms with Gasteiger partial charge in [-0.2, -0.15) is 0 Å². The van der Waals surface area contributed by atoms with Gasteiger partial charge in [-0.15, -0.1) is 0 Å². The van der Waals surface area contributed by atoms with Crippen molar-refractivity contribution in [1.29, 1.82) is 0 Å². The van der Waals surface area contributed by atoms with Crippen molar-refractivity contribution in [2.24, 2.45) is 5.73 Å². The molecule has 0 atom stereocenters. The molecule has 0 bridgehead atoms. The summed E-state index contributed by atoms with van der Waals surface area (Å²) < 4.78 is 24.0. The van der Waals surface area contributed by atoms with Crippen LogP contribution in [0.1, 0.15) is 12.8 Å². The van der Waals surface area contributed by atoms with E-state index in [0.29, 0.717) is 26.1 Å². The third-order valence-corrected chi connectivity index (χ3v) is 3.77. The lowest BCUT2D eigenvalue weighted by Gasteiger charge is -2.29. The first-order valence-corrected chi connectivity index (χ1v) is 5.45. The molecule has 4 nitrogen and oxygen atoms in total. The van der Waals surface area contributed by atoms with E-state index >= 15 is 0 Å². The van der Waals surface area contributed by atoms with Gasteiger partial charge >= 0.3 is 0 Å². The van der Waals surface area contributed by atoms with Crippen molar-refractivity contribution in [3.05, 3.63) is 0 Å². The fraction of sp³-hybridized carbons (Fsp3) is 1.00. The highest BCUT2D eigenvalue weighted by Gasteiger charge is 2.26. The maximum atomic E-state index is 11.2. The number of nitrogens with two attached hydrogens (primary N) is 1. The second-order valence-electron chi connectivity index (χ2n) is 2.71. The smallest absolute Gasteiger partial charge is 0.214 e. The van der Waals surface area contributed by atoms with Crippen molar-refractivity contribution in [3.63, 3.8) is 0 Å². The Balaban J connectivity index is 2.39. The Labute approximate surface area is 67.4 Å². The molecule has 0 amide bonds. The Morgan fingerprint density at radius 3 is 2.36 bits per heavy atom. The number of hydrogen-bond donors (Lipinski definition) is 1. The van der Waals surface area contributed by atoms with E-state index in [-0.39, 0.29) is 5.75 Å². The summed E-state index contributed by atoms with van der Waals surface area (Å²) in [5.41, 5.74) is 5.21. The average Bonchev–Trinajstić information content (AvgIpc) is 1.78. The number of nitrogens with zero attached hydrogens (tertiary/aromatic N) is 1. The standard InChI is InChI=1S/C6H14N2O2S/c7-3-1-6-11(9,10)8-4-2-5-8/h1-7H2. The maximum Gasteiger partial charge on any atom is 0.214 e. The topological polar surface area (TPSA) is 63.4 Å². The van der Waals surface area contributed by atoms with E-state index in [2.05, 4.69) is 0 Å². The third kappa shape index (κ3) is 2.15. The van der Waals surface area contributed by atoms with Gasteiger partial charge in [-0.05, 0) is 19.4 Å². The van der Waals surface area contributed by atoms with Crippen molar-refractivity contribution >= 4 is 10.0 Å². The van der Waals surface area contributed by atoms with Gasteiger partial charge in [0.25, 0.3) is 0 Å². The van der Waals surface area contributed by atoms with Crippen LogP contribution in [0.5, 0.6) is 0 Å². The van der Waals surface area contributed by atoms with Gasteiger partial charge in [-0.1, -0.05) is 0 Å². The van der Waals surface area contributed by atoms with Crippen LogP contribution in [0.4, 0.5) is 0 Å². The third-order valence-electron chi connectivity index (χ3n) is 1.81. The molecule has 11 heavy (non-hydrogen) atoms. The summed E-state index contributed by atoms with van der Waals surface area (Å²) in [5.74, 6) is 0.212. The van der Waals surface area contributed by atoms with E-state index in [1.807, 2.05) is 0 Å². The SMILES string of the molecule is NCCCS(=O)(=O)N1CCC1. The van der Waals surface area contributed by atoms with E-state index in [4.69, 9.17) is 5.73 Å². The zero-order chi connectivity index (χ0) is 8.32. The van der Waals surface area contributed by atoms with Crippen LogP contribution in [0, 0.1) is 0 Å². The minimum Gasteiger partial charge on any atom is -0.330 e. The molecule has 0 aliphatic carbocycles. The van der Waals surface area contributed by atoms with E-state index in [9.17, 15) is 8.42 Å². The van der Waals surface area contributed by atoms with Crippen LogP contribution in [0.2, 0.25) is 0 Å². The second-order valence-corrected chi connectivity index (χ2v) is 4.80. The lowest BCUT2D eigenvalue weighted by Crippen LogP contribution is -2.43. The number of rotatable bonds is 4. The van der Waals surface area contributed by atoms with Gasteiger partial charge in [0.1, 0.15) is 0 Å². The molecule has 1 rings (SSSR count). The molecule has 1 fully saturated rings. The molecule has 0 aromatic heterocycles. The van der Waals surface area contributed by atoms with Gasteiger partial charge in [-0.25, -0.2) is 12.7 Å². The Bertz CT molecular complexity index is 209. The molecule has 0 spiro atoms. The maximum absolute atomic E-state index is 11.2. The Hall–Kier alpha value is -0.130. The van der Waals surface area contributed by atoms with Gasteiger partial charge in [0.15, 0.2) is 0 Å². The van der Waals surface area contributed by atoms with Gasteiger partial charge in [0.05, 0.1) is 5.75 Å². The predicted octanol–water partition coefficient (Wildman–Crippen LogP) is -0.629. The quantitative estimate of drug-likeness (QED) is 0.623. The molecule has 0 saturated carbocycles. The normalized spacial score (nSPS) is 19.7. The molecule has 0 aromatic rings. The molecule has 66 valence electrons. The minimum atomic E-state index is -2.93. The van der Waals surface area contributed by atoms with Crippen LogP contribution >= 0.6 is 0 Å². The van der Waals surface area contributed by atoms with Crippen LogP contribution < -0.4 is 5.73 Å². The highest BCUT2D eigenvalue weighted by molar-refractivity contribution is 7.89. The molecule has 2 N–H and O–H groups in total. The summed E-state index contributed by atoms with van der Waals surface area (Å²) in [4.78, 5) is 0. The lowest BCUT2D eigenvalue weighted by molar-refractivity contribution is 0.309. The van der Waals surface area contributed by atoms with Crippen LogP contribution in [0.25, 0.3) is 0 Å². The predicted molar refractivity (Wildman–Crippen MR) is 43.6 cm³/mol. The number of hydrogen-bond acceptors (Lipinski definition) is 3. The van der Waals surface area contributed by atoms with Crippen molar-refractivity contribution in [1.82, 2.24) is 4.31 Å². The van der Waals surface area contributed by atoms with Crippen LogP contribution in [-0.2, 0) is 10.0 Å². The van der Waals surface area contributed by atoms with Crippen molar-refractivity contribution in [3.8, 4) is 0 Å². The summed E-state index contributed by atoms with van der Waals surface area (Å²) in [6.07, 6.45) is 1.57. The fourth-order valence-corrected chi connectivity index (χ4v) is 2.56. The lowest BCUT2D eigenvalue weighted by atomic mass is 10.3. The monoisotopic (exact) mass is 178 g/mol. The summed E-state index contributed by atoms with van der Waals surface area (Å²) in [6.45, 7) is 1.85. The van der Waals surface area contributed by atoms with E-state index in [0.717, 1.165) is 6.42 Å². The summed E-state index contributed by atoms with van der Waals surface area (Å²) in [7, 11) is -2.93. The molecule has 1 aliphatic heterocycles. The van der Waals surface area contributed by atoms with Gasteiger partial charge in [0, 0.05) is 13.1 Å². The van der Waals surface area contributed by atoms with Gasteiger partial charge in [-0.3, -0.25) is 0 Å². The largest absolute Gasteiger partial charge is 0.330 e. The molecule has 1 heterocycles. The van der Waals surface area contributed by atoms with Crippen molar-refractivity contribution < 1.29 is 8.42 Å². The zero-order valence-corrected chi connectivity index (χ0v) is 7.31. The van der Waals surface area contributed by atoms with Gasteiger partial charge in [0.2, 0.25) is 10.0 Å². The first-order valence-electron chi connectivity index (χ1n) is 3.85. The Kier molecular flexibility index (Phi) is 2.86. The highest BCUT2D eigenvalue weighted by Crippen LogP contribution is 2.12. The molecular formula is C6H14N2O2S. The highest BCUT2D eigenvalue weighted by atomic mass is 32.2. The molecule has 1 aliphatic rings. The van der Waals surface area contributed by atoms with E-state index in [1.165, 1.54) is 4.31 Å². The molecule has 0 unspecified atom stereocenters. The fourth-order valence-electron chi connectivity index (χ4n) is 0.960. The van der Waals surface area contributed by atoms with Crippen LogP contribution in [0.3, 0.4) is 0 Å². The van der Waals surface area contributed by atoms with E-state index in [1.54, 1.807) is 0 Å². The molecular weight excluding hydrogens is 164 g/mol. The summed E-state index contributed by atoms with van der Waals surface area (Å²) in [5, 5.41) is 0. The molecule has 0 aromatic carbocycles. The van der Waals surface area contributed by atoms with Crippen LogP contribution in [0.15, 0.2) is 0 Å². The molecule has 1 saturated heterocycles. The average molecular weight is 178 g/mol. The van der Waals surface area contributed by atoms with E-state index < -0.39 is 10.0 Å².